The number of benzene rings is 4. The first-order valence-corrected chi connectivity index (χ1v) is 14.3. The van der Waals surface area contributed by atoms with Gasteiger partial charge in [-0.3, -0.25) is 14.6 Å². The Kier molecular flexibility index (Phi) is 9.93. The smallest absolute Gasteiger partial charge is 0.255 e. The lowest BCUT2D eigenvalue weighted by molar-refractivity contribution is -0.119. The number of halogens is 1. The summed E-state index contributed by atoms with van der Waals surface area (Å²) in [6.07, 6.45) is 1.65. The van der Waals surface area contributed by atoms with Crippen LogP contribution in [0.1, 0.15) is 27.5 Å². The van der Waals surface area contributed by atoms with Gasteiger partial charge in [0, 0.05) is 29.4 Å². The molecular weight excluding hydrogens is 595 g/mol. The number of nitrogens with one attached hydrogen (secondary N) is 3. The zero-order chi connectivity index (χ0) is 31.8. The van der Waals surface area contributed by atoms with Crippen molar-refractivity contribution < 1.29 is 28.6 Å². The van der Waals surface area contributed by atoms with Crippen LogP contribution in [-0.4, -0.2) is 40.7 Å². The first-order valence-electron chi connectivity index (χ1n) is 13.9. The molecule has 5 rings (SSSR count). The van der Waals surface area contributed by atoms with Crippen molar-refractivity contribution in [2.24, 2.45) is 0 Å². The van der Waals surface area contributed by atoms with Crippen LogP contribution in [0.5, 0.6) is 17.2 Å². The minimum Gasteiger partial charge on any atom is -0.496 e. The summed E-state index contributed by atoms with van der Waals surface area (Å²) >= 11 is 5.22. The number of thiocarbonyl (C=S) groups is 1. The lowest BCUT2D eigenvalue weighted by atomic mass is 10.1. The van der Waals surface area contributed by atoms with Gasteiger partial charge in [0.1, 0.15) is 11.5 Å². The molecule has 1 atom stereocenters. The van der Waals surface area contributed by atoms with E-state index < -0.39 is 17.8 Å². The predicted octanol–water partition coefficient (Wildman–Crippen LogP) is 5.69. The standard InChI is InChI=1S/C34H29FN4O5S/c1-43-31-19-27-24(18-25(31)33(42)38-28(20-40)22-10-6-3-7-11-22)29(14-15-36-27)44-30-13-12-23(17-26(30)35)37-34(45)39-32(41)16-21-8-4-2-5-9-21/h2-15,17-19,28,40H,16,20H2,1H3,(H,38,42)(H2,37,39,41,45). The Bertz CT molecular complexity index is 1840. The molecule has 11 heteroatoms. The molecule has 0 aliphatic heterocycles. The predicted molar refractivity (Wildman–Crippen MR) is 173 cm³/mol. The number of aromatic nitrogens is 1. The number of carbonyl (C=O) groups excluding carboxylic acids is 2. The van der Waals surface area contributed by atoms with E-state index in [2.05, 4.69) is 20.9 Å². The van der Waals surface area contributed by atoms with E-state index in [0.717, 1.165) is 11.1 Å². The van der Waals surface area contributed by atoms with Crippen LogP contribution in [0.15, 0.2) is 103 Å². The average Bonchev–Trinajstić information content (AvgIpc) is 3.05. The summed E-state index contributed by atoms with van der Waals surface area (Å²) in [7, 11) is 1.43. The quantitative estimate of drug-likeness (QED) is 0.146. The number of amides is 2. The summed E-state index contributed by atoms with van der Waals surface area (Å²) in [4.78, 5) is 30.0. The first-order chi connectivity index (χ1) is 21.8. The topological polar surface area (TPSA) is 122 Å². The molecule has 0 aliphatic carbocycles. The summed E-state index contributed by atoms with van der Waals surface area (Å²) in [6, 6.07) is 26.5. The van der Waals surface area contributed by atoms with Gasteiger partial charge in [0.05, 0.1) is 37.3 Å². The van der Waals surface area contributed by atoms with Crippen LogP contribution >= 0.6 is 12.2 Å². The van der Waals surface area contributed by atoms with E-state index in [9.17, 15) is 14.7 Å². The number of aliphatic hydroxyl groups excluding tert-OH is 1. The maximum absolute atomic E-state index is 15.2. The maximum Gasteiger partial charge on any atom is 0.255 e. The van der Waals surface area contributed by atoms with Gasteiger partial charge in [0.25, 0.3) is 5.91 Å². The van der Waals surface area contributed by atoms with Crippen molar-refractivity contribution in [3.8, 4) is 17.2 Å². The third-order valence-corrected chi connectivity index (χ3v) is 7.03. The number of rotatable bonds is 10. The molecule has 5 aromatic rings. The zero-order valence-electron chi connectivity index (χ0n) is 24.1. The van der Waals surface area contributed by atoms with Crippen molar-refractivity contribution in [1.29, 1.82) is 0 Å². The normalized spacial score (nSPS) is 11.4. The fraction of sp³-hybridized carbons (Fsp3) is 0.118. The molecule has 0 fully saturated rings. The highest BCUT2D eigenvalue weighted by Gasteiger charge is 2.21. The Morgan fingerprint density at radius 1 is 0.933 bits per heavy atom. The maximum atomic E-state index is 15.2. The van der Waals surface area contributed by atoms with Crippen LogP contribution in [0.4, 0.5) is 10.1 Å². The summed E-state index contributed by atoms with van der Waals surface area (Å²) in [5, 5.41) is 18.6. The monoisotopic (exact) mass is 624 g/mol. The van der Waals surface area contributed by atoms with Gasteiger partial charge in [-0.05, 0) is 47.6 Å². The van der Waals surface area contributed by atoms with Crippen molar-refractivity contribution in [3.05, 3.63) is 126 Å². The largest absolute Gasteiger partial charge is 0.496 e. The third-order valence-electron chi connectivity index (χ3n) is 6.83. The van der Waals surface area contributed by atoms with Crippen LogP contribution in [0, 0.1) is 5.82 Å². The molecule has 4 aromatic carbocycles. The van der Waals surface area contributed by atoms with Gasteiger partial charge in [0.15, 0.2) is 16.7 Å². The molecule has 1 aromatic heterocycles. The third kappa shape index (κ3) is 7.77. The van der Waals surface area contributed by atoms with E-state index in [1.165, 1.54) is 25.4 Å². The Hall–Kier alpha value is -5.39. The SMILES string of the molecule is COc1cc2nccc(Oc3ccc(NC(=S)NC(=O)Cc4ccccc4)cc3F)c2cc1C(=O)NC(CO)c1ccccc1. The molecule has 45 heavy (non-hydrogen) atoms. The number of anilines is 1. The molecule has 0 bridgehead atoms. The molecule has 1 unspecified atom stereocenters. The number of pyridine rings is 1. The highest BCUT2D eigenvalue weighted by Crippen LogP contribution is 2.35. The highest BCUT2D eigenvalue weighted by molar-refractivity contribution is 7.80. The Morgan fingerprint density at radius 2 is 1.67 bits per heavy atom. The van der Waals surface area contributed by atoms with E-state index in [0.29, 0.717) is 16.6 Å². The summed E-state index contributed by atoms with van der Waals surface area (Å²) in [5.41, 5.74) is 2.52. The molecule has 0 saturated carbocycles. The lowest BCUT2D eigenvalue weighted by Gasteiger charge is -2.18. The van der Waals surface area contributed by atoms with Gasteiger partial charge < -0.3 is 30.5 Å². The van der Waals surface area contributed by atoms with E-state index in [-0.39, 0.29) is 46.9 Å². The second-order valence-corrected chi connectivity index (χ2v) is 10.3. The number of nitrogens with zero attached hydrogens (tertiary/aromatic N) is 1. The number of hydrogen-bond donors (Lipinski definition) is 4. The molecule has 0 spiro atoms. The second-order valence-electron chi connectivity index (χ2n) is 9.91. The van der Waals surface area contributed by atoms with Gasteiger partial charge >= 0.3 is 0 Å². The Labute approximate surface area is 264 Å². The lowest BCUT2D eigenvalue weighted by Crippen LogP contribution is -2.35. The van der Waals surface area contributed by atoms with Crippen LogP contribution in [-0.2, 0) is 11.2 Å². The van der Waals surface area contributed by atoms with Crippen molar-refractivity contribution >= 4 is 45.7 Å². The number of carbonyl (C=O) groups is 2. The van der Waals surface area contributed by atoms with Gasteiger partial charge in [-0.2, -0.15) is 0 Å². The molecule has 0 aliphatic rings. The Morgan fingerprint density at radius 3 is 2.36 bits per heavy atom. The number of aliphatic hydroxyl groups is 1. The Balaban J connectivity index is 1.32. The van der Waals surface area contributed by atoms with Gasteiger partial charge in [-0.15, -0.1) is 0 Å². The summed E-state index contributed by atoms with van der Waals surface area (Å²) in [5.74, 6) is -1.05. The van der Waals surface area contributed by atoms with Gasteiger partial charge in [-0.25, -0.2) is 4.39 Å². The second kappa shape index (κ2) is 14.4. The molecule has 4 N–H and O–H groups in total. The summed E-state index contributed by atoms with van der Waals surface area (Å²) in [6.45, 7) is -0.309. The van der Waals surface area contributed by atoms with E-state index in [1.54, 1.807) is 36.4 Å². The van der Waals surface area contributed by atoms with Crippen LogP contribution in [0.25, 0.3) is 10.9 Å². The number of ether oxygens (including phenoxy) is 2. The average molecular weight is 625 g/mol. The molecule has 1 heterocycles. The molecular formula is C34H29FN4O5S. The fourth-order valence-electron chi connectivity index (χ4n) is 4.63. The van der Waals surface area contributed by atoms with Crippen LogP contribution in [0.2, 0.25) is 0 Å². The van der Waals surface area contributed by atoms with Gasteiger partial charge in [-0.1, -0.05) is 60.7 Å². The van der Waals surface area contributed by atoms with Gasteiger partial charge in [0.2, 0.25) is 5.91 Å². The van der Waals surface area contributed by atoms with Crippen molar-refractivity contribution in [3.63, 3.8) is 0 Å². The number of hydrogen-bond acceptors (Lipinski definition) is 7. The van der Waals surface area contributed by atoms with E-state index in [1.807, 2.05) is 48.5 Å². The molecule has 0 radical (unpaired) electrons. The van der Waals surface area contributed by atoms with Crippen molar-refractivity contribution in [1.82, 2.24) is 15.6 Å². The number of methoxy groups -OCH3 is 1. The minimum absolute atomic E-state index is 0.0274. The highest BCUT2D eigenvalue weighted by atomic mass is 32.1. The molecule has 0 saturated heterocycles. The number of fused-ring (bicyclic) bond motifs is 1. The van der Waals surface area contributed by atoms with Crippen LogP contribution in [0.3, 0.4) is 0 Å². The fourth-order valence-corrected chi connectivity index (χ4v) is 4.87. The first kappa shape index (κ1) is 31.0. The molecule has 9 nitrogen and oxygen atoms in total. The van der Waals surface area contributed by atoms with E-state index >= 15 is 4.39 Å². The van der Waals surface area contributed by atoms with Crippen molar-refractivity contribution in [2.45, 2.75) is 12.5 Å². The zero-order valence-corrected chi connectivity index (χ0v) is 24.9. The summed E-state index contributed by atoms with van der Waals surface area (Å²) < 4.78 is 26.6. The molecule has 228 valence electrons. The van der Waals surface area contributed by atoms with Crippen LogP contribution < -0.4 is 25.4 Å². The van der Waals surface area contributed by atoms with Crippen molar-refractivity contribution in [2.75, 3.05) is 19.0 Å². The molecule has 2 amide bonds. The van der Waals surface area contributed by atoms with E-state index in [4.69, 9.17) is 21.7 Å². The minimum atomic E-state index is -0.691.